The lowest BCUT2D eigenvalue weighted by molar-refractivity contribution is 0.0499. The first-order chi connectivity index (χ1) is 6.66. The molecule has 0 radical (unpaired) electrons. The molecule has 0 saturated heterocycles. The summed E-state index contributed by atoms with van der Waals surface area (Å²) in [5, 5.41) is 0. The van der Waals surface area contributed by atoms with E-state index in [4.69, 9.17) is 4.74 Å². The number of hydrogen-bond donors (Lipinski definition) is 0. The van der Waals surface area contributed by atoms with E-state index in [-0.39, 0.29) is 5.56 Å². The second-order valence-corrected chi connectivity index (χ2v) is 3.07. The van der Waals surface area contributed by atoms with Crippen molar-refractivity contribution in [3.63, 3.8) is 0 Å². The molecule has 76 valence electrons. The number of benzene rings is 1. The Morgan fingerprint density at radius 2 is 2.21 bits per heavy atom. The van der Waals surface area contributed by atoms with E-state index in [9.17, 15) is 9.18 Å². The predicted octanol–water partition coefficient (Wildman–Crippen LogP) is 2.70. The van der Waals surface area contributed by atoms with Gasteiger partial charge in [0.05, 0.1) is 12.2 Å². The minimum absolute atomic E-state index is 0.0125. The van der Waals surface area contributed by atoms with E-state index in [1.165, 1.54) is 6.07 Å². The number of halogens is 1. The van der Waals surface area contributed by atoms with Gasteiger partial charge in [-0.2, -0.15) is 0 Å². The summed E-state index contributed by atoms with van der Waals surface area (Å²) < 4.78 is 18.2. The van der Waals surface area contributed by atoms with Gasteiger partial charge in [0, 0.05) is 0 Å². The Balaban J connectivity index is 2.84. The molecule has 0 aliphatic rings. The van der Waals surface area contributed by atoms with Gasteiger partial charge in [-0.3, -0.25) is 0 Å². The third-order valence-corrected chi connectivity index (χ3v) is 1.85. The van der Waals surface area contributed by atoms with Gasteiger partial charge in [0.1, 0.15) is 5.82 Å². The number of esters is 1. The zero-order valence-corrected chi connectivity index (χ0v) is 8.34. The van der Waals surface area contributed by atoms with Crippen molar-refractivity contribution < 1.29 is 13.9 Å². The van der Waals surface area contributed by atoms with Gasteiger partial charge in [0.25, 0.3) is 0 Å². The molecule has 14 heavy (non-hydrogen) atoms. The van der Waals surface area contributed by atoms with Crippen molar-refractivity contribution >= 4 is 5.97 Å². The predicted molar refractivity (Wildman–Crippen MR) is 51.7 cm³/mol. The van der Waals surface area contributed by atoms with Crippen LogP contribution in [0.4, 0.5) is 4.39 Å². The summed E-state index contributed by atoms with van der Waals surface area (Å²) in [5.41, 5.74) is 0.467. The topological polar surface area (TPSA) is 26.3 Å². The first kappa shape index (κ1) is 10.7. The smallest absolute Gasteiger partial charge is 0.341 e. The molecule has 0 spiro atoms. The van der Waals surface area contributed by atoms with Gasteiger partial charge in [-0.15, -0.1) is 0 Å². The monoisotopic (exact) mass is 196 g/mol. The molecular weight excluding hydrogens is 183 g/mol. The summed E-state index contributed by atoms with van der Waals surface area (Å²) in [6.45, 7) is 3.83. The zero-order valence-electron chi connectivity index (χ0n) is 8.34. The van der Waals surface area contributed by atoms with Crippen LogP contribution in [0.5, 0.6) is 0 Å². The van der Waals surface area contributed by atoms with Crippen LogP contribution in [0.1, 0.15) is 29.3 Å². The van der Waals surface area contributed by atoms with E-state index in [0.717, 1.165) is 6.42 Å². The molecule has 0 aromatic heterocycles. The van der Waals surface area contributed by atoms with Crippen molar-refractivity contribution in [1.82, 2.24) is 0 Å². The molecule has 0 bridgehead atoms. The van der Waals surface area contributed by atoms with E-state index in [2.05, 4.69) is 0 Å². The summed E-state index contributed by atoms with van der Waals surface area (Å²) in [6, 6.07) is 4.69. The lowest BCUT2D eigenvalue weighted by Gasteiger charge is -2.05. The van der Waals surface area contributed by atoms with Gasteiger partial charge in [-0.25, -0.2) is 9.18 Å². The normalized spacial score (nSPS) is 9.93. The molecule has 0 amide bonds. The minimum atomic E-state index is -0.590. The molecule has 0 N–H and O–H groups in total. The molecule has 0 fully saturated rings. The summed E-state index contributed by atoms with van der Waals surface area (Å²) in [6.07, 6.45) is 0.735. The highest BCUT2D eigenvalue weighted by Gasteiger charge is 2.13. The van der Waals surface area contributed by atoms with E-state index in [0.29, 0.717) is 12.2 Å². The lowest BCUT2D eigenvalue weighted by Crippen LogP contribution is -2.08. The molecule has 0 aliphatic carbocycles. The maximum Gasteiger partial charge on any atom is 0.341 e. The summed E-state index contributed by atoms with van der Waals surface area (Å²) in [5.74, 6) is -1.08. The molecule has 3 heteroatoms. The average molecular weight is 196 g/mol. The Morgan fingerprint density at radius 3 is 2.86 bits per heavy atom. The number of carbonyl (C=O) groups is 1. The highest BCUT2D eigenvalue weighted by molar-refractivity contribution is 5.89. The summed E-state index contributed by atoms with van der Waals surface area (Å²) >= 11 is 0. The van der Waals surface area contributed by atoms with E-state index in [1.807, 2.05) is 6.92 Å². The number of carbonyl (C=O) groups excluding carboxylic acids is 1. The SMILES string of the molecule is CCCOC(=O)c1cccc(C)c1F. The Morgan fingerprint density at radius 1 is 1.50 bits per heavy atom. The fourth-order valence-corrected chi connectivity index (χ4v) is 1.08. The van der Waals surface area contributed by atoms with Crippen LogP contribution in [-0.2, 0) is 4.74 Å². The molecule has 1 aromatic carbocycles. The molecule has 1 rings (SSSR count). The maximum atomic E-state index is 13.4. The Kier molecular flexibility index (Phi) is 3.63. The van der Waals surface area contributed by atoms with E-state index in [1.54, 1.807) is 19.1 Å². The third kappa shape index (κ3) is 2.31. The Bertz CT molecular complexity index is 334. The zero-order chi connectivity index (χ0) is 10.6. The third-order valence-electron chi connectivity index (χ3n) is 1.85. The van der Waals surface area contributed by atoms with Gasteiger partial charge < -0.3 is 4.74 Å². The standard InChI is InChI=1S/C11H13FO2/c1-3-7-14-11(13)9-6-4-5-8(2)10(9)12/h4-6H,3,7H2,1-2H3. The van der Waals surface area contributed by atoms with Crippen LogP contribution in [0.2, 0.25) is 0 Å². The second-order valence-electron chi connectivity index (χ2n) is 3.07. The van der Waals surface area contributed by atoms with Crippen LogP contribution in [0.25, 0.3) is 0 Å². The number of hydrogen-bond acceptors (Lipinski definition) is 2. The molecular formula is C11H13FO2. The van der Waals surface area contributed by atoms with Crippen LogP contribution < -0.4 is 0 Å². The molecule has 0 aliphatic heterocycles. The molecule has 0 saturated carbocycles. The second kappa shape index (κ2) is 4.74. The van der Waals surface area contributed by atoms with Crippen LogP contribution in [0.3, 0.4) is 0 Å². The minimum Gasteiger partial charge on any atom is -0.462 e. The van der Waals surface area contributed by atoms with Crippen LogP contribution in [0.15, 0.2) is 18.2 Å². The summed E-state index contributed by atoms with van der Waals surface area (Å²) in [4.78, 5) is 11.3. The average Bonchev–Trinajstić information content (AvgIpc) is 2.18. The van der Waals surface area contributed by atoms with Crippen LogP contribution in [0, 0.1) is 12.7 Å². The fourth-order valence-electron chi connectivity index (χ4n) is 1.08. The van der Waals surface area contributed by atoms with Gasteiger partial charge >= 0.3 is 5.97 Å². The highest BCUT2D eigenvalue weighted by atomic mass is 19.1. The van der Waals surface area contributed by atoms with Gasteiger partial charge in [0.2, 0.25) is 0 Å². The van der Waals surface area contributed by atoms with Crippen molar-refractivity contribution in [3.8, 4) is 0 Å². The maximum absolute atomic E-state index is 13.4. The van der Waals surface area contributed by atoms with Crippen molar-refractivity contribution in [2.24, 2.45) is 0 Å². The Hall–Kier alpha value is -1.38. The van der Waals surface area contributed by atoms with Crippen LogP contribution in [-0.4, -0.2) is 12.6 Å². The van der Waals surface area contributed by atoms with Crippen molar-refractivity contribution in [2.75, 3.05) is 6.61 Å². The van der Waals surface area contributed by atoms with Crippen molar-refractivity contribution in [2.45, 2.75) is 20.3 Å². The van der Waals surface area contributed by atoms with Crippen LogP contribution >= 0.6 is 0 Å². The van der Waals surface area contributed by atoms with E-state index < -0.39 is 11.8 Å². The number of rotatable bonds is 3. The highest BCUT2D eigenvalue weighted by Crippen LogP contribution is 2.12. The van der Waals surface area contributed by atoms with Crippen molar-refractivity contribution in [1.29, 1.82) is 0 Å². The largest absolute Gasteiger partial charge is 0.462 e. The van der Waals surface area contributed by atoms with E-state index >= 15 is 0 Å². The van der Waals surface area contributed by atoms with Gasteiger partial charge in [-0.1, -0.05) is 19.1 Å². The number of ether oxygens (including phenoxy) is 1. The first-order valence-electron chi connectivity index (χ1n) is 4.59. The van der Waals surface area contributed by atoms with Gasteiger partial charge in [-0.05, 0) is 25.0 Å². The van der Waals surface area contributed by atoms with Crippen molar-refractivity contribution in [3.05, 3.63) is 35.1 Å². The molecule has 1 aromatic rings. The quantitative estimate of drug-likeness (QED) is 0.695. The lowest BCUT2D eigenvalue weighted by atomic mass is 10.1. The number of aryl methyl sites for hydroxylation is 1. The molecule has 0 heterocycles. The first-order valence-corrected chi connectivity index (χ1v) is 4.59. The molecule has 2 nitrogen and oxygen atoms in total. The Labute approximate surface area is 82.7 Å². The molecule has 0 unspecified atom stereocenters. The summed E-state index contributed by atoms with van der Waals surface area (Å²) in [7, 11) is 0. The van der Waals surface area contributed by atoms with Gasteiger partial charge in [0.15, 0.2) is 0 Å². The fraction of sp³-hybridized carbons (Fsp3) is 0.364. The molecule has 0 atom stereocenters.